The van der Waals surface area contributed by atoms with Gasteiger partial charge in [-0.05, 0) is 31.0 Å². The van der Waals surface area contributed by atoms with Crippen molar-refractivity contribution in [1.82, 2.24) is 9.97 Å². The quantitative estimate of drug-likeness (QED) is 0.708. The molecule has 1 heterocycles. The Morgan fingerprint density at radius 1 is 1.12 bits per heavy atom. The number of hydrogen-bond acceptors (Lipinski definition) is 2. The lowest BCUT2D eigenvalue weighted by molar-refractivity contribution is 0.618. The second-order valence-corrected chi connectivity index (χ2v) is 3.98. The van der Waals surface area contributed by atoms with Gasteiger partial charge in [0.1, 0.15) is 12.0 Å². The van der Waals surface area contributed by atoms with E-state index in [-0.39, 0.29) is 10.8 Å². The minimum absolute atomic E-state index is 0.150. The topological polar surface area (TPSA) is 25.8 Å². The van der Waals surface area contributed by atoms with Gasteiger partial charge in [0.25, 0.3) is 0 Å². The highest BCUT2D eigenvalue weighted by molar-refractivity contribution is 6.29. The lowest BCUT2D eigenvalue weighted by atomic mass is 10.0. The van der Waals surface area contributed by atoms with Gasteiger partial charge in [-0.2, -0.15) is 0 Å². The van der Waals surface area contributed by atoms with E-state index in [1.165, 1.54) is 6.33 Å². The van der Waals surface area contributed by atoms with Crippen LogP contribution >= 0.6 is 11.6 Å². The summed E-state index contributed by atoms with van der Waals surface area (Å²) in [6, 6.07) is 5.64. The van der Waals surface area contributed by atoms with Crippen molar-refractivity contribution in [2.45, 2.75) is 13.8 Å². The average molecular weight is 237 g/mol. The monoisotopic (exact) mass is 236 g/mol. The van der Waals surface area contributed by atoms with Crippen LogP contribution in [0.5, 0.6) is 0 Å². The zero-order chi connectivity index (χ0) is 11.7. The van der Waals surface area contributed by atoms with Crippen LogP contribution in [0.4, 0.5) is 4.39 Å². The fourth-order valence-corrected chi connectivity index (χ4v) is 1.57. The maximum Gasteiger partial charge on any atom is 0.186 e. The Bertz CT molecular complexity index is 541. The Morgan fingerprint density at radius 3 is 2.56 bits per heavy atom. The maximum absolute atomic E-state index is 13.7. The van der Waals surface area contributed by atoms with Crippen LogP contribution in [-0.2, 0) is 0 Å². The van der Waals surface area contributed by atoms with Crippen molar-refractivity contribution >= 4 is 11.6 Å². The molecule has 0 amide bonds. The highest BCUT2D eigenvalue weighted by Crippen LogP contribution is 2.25. The van der Waals surface area contributed by atoms with Gasteiger partial charge in [-0.15, -0.1) is 0 Å². The molecule has 0 fully saturated rings. The van der Waals surface area contributed by atoms with Crippen LogP contribution in [0.1, 0.15) is 11.1 Å². The third-order valence-electron chi connectivity index (χ3n) is 2.53. The van der Waals surface area contributed by atoms with Crippen molar-refractivity contribution in [1.29, 1.82) is 0 Å². The molecule has 0 N–H and O–H groups in total. The molecular weight excluding hydrogens is 227 g/mol. The molecule has 0 atom stereocenters. The number of aromatic nitrogens is 2. The van der Waals surface area contributed by atoms with Gasteiger partial charge in [0, 0.05) is 5.56 Å². The highest BCUT2D eigenvalue weighted by Gasteiger charge is 2.11. The number of aryl methyl sites for hydroxylation is 2. The fourth-order valence-electron chi connectivity index (χ4n) is 1.44. The van der Waals surface area contributed by atoms with Crippen LogP contribution in [0.3, 0.4) is 0 Å². The molecule has 2 nitrogen and oxygen atoms in total. The Labute approximate surface area is 98.1 Å². The van der Waals surface area contributed by atoms with Crippen LogP contribution in [0.25, 0.3) is 11.3 Å². The van der Waals surface area contributed by atoms with Crippen molar-refractivity contribution in [2.75, 3.05) is 0 Å². The Morgan fingerprint density at radius 2 is 1.88 bits per heavy atom. The number of rotatable bonds is 1. The van der Waals surface area contributed by atoms with Gasteiger partial charge >= 0.3 is 0 Å². The molecule has 0 radical (unpaired) electrons. The Balaban J connectivity index is 2.59. The van der Waals surface area contributed by atoms with E-state index < -0.39 is 5.82 Å². The molecule has 0 spiro atoms. The molecule has 2 aromatic rings. The van der Waals surface area contributed by atoms with Crippen molar-refractivity contribution in [3.8, 4) is 11.3 Å². The second-order valence-electron chi connectivity index (χ2n) is 3.63. The lowest BCUT2D eigenvalue weighted by Crippen LogP contribution is -1.93. The molecule has 16 heavy (non-hydrogen) atoms. The minimum Gasteiger partial charge on any atom is -0.233 e. The van der Waals surface area contributed by atoms with Gasteiger partial charge in [0.05, 0.1) is 0 Å². The zero-order valence-corrected chi connectivity index (χ0v) is 9.72. The van der Waals surface area contributed by atoms with Gasteiger partial charge in [-0.25, -0.2) is 14.4 Å². The van der Waals surface area contributed by atoms with E-state index >= 15 is 0 Å². The summed E-state index contributed by atoms with van der Waals surface area (Å²) in [4.78, 5) is 7.49. The van der Waals surface area contributed by atoms with Crippen LogP contribution in [0.15, 0.2) is 24.5 Å². The molecule has 0 aliphatic rings. The summed E-state index contributed by atoms with van der Waals surface area (Å²) < 4.78 is 13.7. The number of benzene rings is 1. The summed E-state index contributed by atoms with van der Waals surface area (Å²) in [5.74, 6) is -0.576. The van der Waals surface area contributed by atoms with E-state index in [1.807, 2.05) is 32.0 Å². The van der Waals surface area contributed by atoms with Crippen molar-refractivity contribution in [2.24, 2.45) is 0 Å². The summed E-state index contributed by atoms with van der Waals surface area (Å²) in [6.45, 7) is 3.97. The lowest BCUT2D eigenvalue weighted by Gasteiger charge is -2.05. The molecule has 0 aliphatic carbocycles. The van der Waals surface area contributed by atoms with Crippen molar-refractivity contribution in [3.05, 3.63) is 46.6 Å². The van der Waals surface area contributed by atoms with Gasteiger partial charge in [-0.3, -0.25) is 0 Å². The maximum atomic E-state index is 13.7. The van der Waals surface area contributed by atoms with E-state index in [0.717, 1.165) is 11.1 Å². The average Bonchev–Trinajstić information content (AvgIpc) is 2.26. The summed E-state index contributed by atoms with van der Waals surface area (Å²) >= 11 is 5.61. The van der Waals surface area contributed by atoms with Gasteiger partial charge in [0.15, 0.2) is 11.0 Å². The third-order valence-corrected chi connectivity index (χ3v) is 2.79. The zero-order valence-electron chi connectivity index (χ0n) is 8.96. The predicted octanol–water partition coefficient (Wildman–Crippen LogP) is 3.55. The number of hydrogen-bond donors (Lipinski definition) is 0. The molecule has 1 aromatic carbocycles. The van der Waals surface area contributed by atoms with Crippen LogP contribution in [0.2, 0.25) is 5.15 Å². The van der Waals surface area contributed by atoms with E-state index in [4.69, 9.17) is 11.6 Å². The summed E-state index contributed by atoms with van der Waals surface area (Å²) in [5, 5.41) is -0.150. The van der Waals surface area contributed by atoms with E-state index in [1.54, 1.807) is 0 Å². The SMILES string of the molecule is Cc1ccc(-c2ncnc(Cl)c2F)cc1C. The first-order valence-electron chi connectivity index (χ1n) is 4.83. The van der Waals surface area contributed by atoms with Crippen LogP contribution in [0, 0.1) is 19.7 Å². The normalized spacial score (nSPS) is 10.5. The standard InChI is InChI=1S/C12H10ClFN2/c1-7-3-4-9(5-8(7)2)11-10(14)12(13)16-6-15-11/h3-6H,1-2H3. The highest BCUT2D eigenvalue weighted by atomic mass is 35.5. The summed E-state index contributed by atoms with van der Waals surface area (Å²) in [7, 11) is 0. The largest absolute Gasteiger partial charge is 0.233 e. The summed E-state index contributed by atoms with van der Waals surface area (Å²) in [5.41, 5.74) is 3.20. The molecule has 4 heteroatoms. The molecule has 2 rings (SSSR count). The first-order chi connectivity index (χ1) is 7.59. The molecule has 0 bridgehead atoms. The Kier molecular flexibility index (Phi) is 2.88. The molecule has 0 aliphatic heterocycles. The molecule has 0 unspecified atom stereocenters. The number of halogens is 2. The third kappa shape index (κ3) is 1.91. The molecule has 82 valence electrons. The van der Waals surface area contributed by atoms with Gasteiger partial charge in [0.2, 0.25) is 0 Å². The van der Waals surface area contributed by atoms with Crippen LogP contribution < -0.4 is 0 Å². The first-order valence-corrected chi connectivity index (χ1v) is 5.21. The fraction of sp³-hybridized carbons (Fsp3) is 0.167. The van der Waals surface area contributed by atoms with E-state index in [0.29, 0.717) is 5.56 Å². The van der Waals surface area contributed by atoms with E-state index in [2.05, 4.69) is 9.97 Å². The molecular formula is C12H10ClFN2. The second kappa shape index (κ2) is 4.18. The summed E-state index contributed by atoms with van der Waals surface area (Å²) in [6.07, 6.45) is 1.26. The van der Waals surface area contributed by atoms with Crippen molar-refractivity contribution < 1.29 is 4.39 Å². The minimum atomic E-state index is -0.576. The first kappa shape index (κ1) is 11.0. The molecule has 0 saturated heterocycles. The van der Waals surface area contributed by atoms with E-state index in [9.17, 15) is 4.39 Å². The van der Waals surface area contributed by atoms with Crippen LogP contribution in [-0.4, -0.2) is 9.97 Å². The molecule has 0 saturated carbocycles. The molecule has 1 aromatic heterocycles. The number of nitrogens with zero attached hydrogens (tertiary/aromatic N) is 2. The van der Waals surface area contributed by atoms with Gasteiger partial charge < -0.3 is 0 Å². The Hall–Kier alpha value is -1.48. The smallest absolute Gasteiger partial charge is 0.186 e. The van der Waals surface area contributed by atoms with Crippen molar-refractivity contribution in [3.63, 3.8) is 0 Å². The van der Waals surface area contributed by atoms with Gasteiger partial charge in [-0.1, -0.05) is 23.7 Å². The predicted molar refractivity (Wildman–Crippen MR) is 61.9 cm³/mol.